The second-order valence-corrected chi connectivity index (χ2v) is 6.06. The smallest absolute Gasteiger partial charge is 0.276 e. The van der Waals surface area contributed by atoms with Crippen LogP contribution in [-0.2, 0) is 16.6 Å². The third-order valence-electron chi connectivity index (χ3n) is 2.87. The lowest BCUT2D eigenvalue weighted by atomic mass is 10.2. The van der Waals surface area contributed by atoms with Crippen molar-refractivity contribution < 1.29 is 17.6 Å². The molecule has 0 saturated carbocycles. The molecule has 2 aromatic rings. The summed E-state index contributed by atoms with van der Waals surface area (Å²) in [5.41, 5.74) is 0.889. The maximum Gasteiger partial charge on any atom is 0.276 e. The zero-order valence-corrected chi connectivity index (χ0v) is 11.8. The highest BCUT2D eigenvalue weighted by Gasteiger charge is 2.26. The van der Waals surface area contributed by atoms with E-state index in [-0.39, 0.29) is 17.4 Å². The Morgan fingerprint density at radius 3 is 2.40 bits per heavy atom. The van der Waals surface area contributed by atoms with Gasteiger partial charge in [0.25, 0.3) is 10.0 Å². The van der Waals surface area contributed by atoms with Crippen LogP contribution in [0.2, 0.25) is 0 Å². The molecule has 0 radical (unpaired) electrons. The average Bonchev–Trinajstić information content (AvgIpc) is 2.95. The summed E-state index contributed by atoms with van der Waals surface area (Å²) in [4.78, 5) is 10.6. The molecule has 0 bridgehead atoms. The normalized spacial score (nSPS) is 11.7. The van der Waals surface area contributed by atoms with Crippen LogP contribution in [0.1, 0.15) is 23.0 Å². The van der Waals surface area contributed by atoms with Gasteiger partial charge in [-0.1, -0.05) is 37.3 Å². The molecule has 5 nitrogen and oxygen atoms in total. The number of sulfonamides is 1. The molecule has 6 heteroatoms. The Morgan fingerprint density at radius 2 is 1.85 bits per heavy atom. The van der Waals surface area contributed by atoms with Gasteiger partial charge in [0.2, 0.25) is 5.09 Å². The van der Waals surface area contributed by atoms with Crippen LogP contribution in [0, 0.1) is 0 Å². The van der Waals surface area contributed by atoms with E-state index in [1.165, 1.54) is 16.4 Å². The fraction of sp³-hybridized carbons (Fsp3) is 0.214. The van der Waals surface area contributed by atoms with Crippen LogP contribution in [0.4, 0.5) is 0 Å². The maximum atomic E-state index is 12.4. The molecule has 2 rings (SSSR count). The summed E-state index contributed by atoms with van der Waals surface area (Å²) >= 11 is 0. The van der Waals surface area contributed by atoms with Crippen molar-refractivity contribution in [3.05, 3.63) is 53.8 Å². The monoisotopic (exact) mass is 293 g/mol. The largest absolute Gasteiger partial charge is 0.440 e. The Balaban J connectivity index is 2.28. The van der Waals surface area contributed by atoms with Gasteiger partial charge in [-0.25, -0.2) is 8.42 Å². The second kappa shape index (κ2) is 6.02. The number of furan rings is 1. The van der Waals surface area contributed by atoms with Gasteiger partial charge in [0.15, 0.2) is 12.0 Å². The highest BCUT2D eigenvalue weighted by molar-refractivity contribution is 7.89. The van der Waals surface area contributed by atoms with Gasteiger partial charge in [0.1, 0.15) is 0 Å². The fourth-order valence-corrected chi connectivity index (χ4v) is 3.17. The fourth-order valence-electron chi connectivity index (χ4n) is 1.82. The standard InChI is InChI=1S/C14H15NO4S/c1-2-15(10-12-6-4-3-5-7-12)20(17,18)14-9-8-13(11-16)19-14/h3-9,11H,2,10H2,1H3. The Bertz CT molecular complexity index is 676. The molecule has 0 fully saturated rings. The average molecular weight is 293 g/mol. The van der Waals surface area contributed by atoms with E-state index < -0.39 is 10.0 Å². The minimum Gasteiger partial charge on any atom is -0.440 e. The lowest BCUT2D eigenvalue weighted by Gasteiger charge is -2.18. The van der Waals surface area contributed by atoms with Gasteiger partial charge < -0.3 is 4.42 Å². The van der Waals surface area contributed by atoms with E-state index >= 15 is 0 Å². The lowest BCUT2D eigenvalue weighted by Crippen LogP contribution is -2.30. The molecular weight excluding hydrogens is 278 g/mol. The quantitative estimate of drug-likeness (QED) is 0.766. The van der Waals surface area contributed by atoms with E-state index in [1.54, 1.807) is 6.92 Å². The van der Waals surface area contributed by atoms with Crippen LogP contribution in [0.25, 0.3) is 0 Å². The Hall–Kier alpha value is -1.92. The Kier molecular flexibility index (Phi) is 4.36. The molecule has 0 spiro atoms. The van der Waals surface area contributed by atoms with Crippen molar-refractivity contribution in [1.82, 2.24) is 4.31 Å². The second-order valence-electron chi connectivity index (χ2n) is 4.19. The SMILES string of the molecule is CCN(Cc1ccccc1)S(=O)(=O)c1ccc(C=O)o1. The molecule has 106 valence electrons. The van der Waals surface area contributed by atoms with Crippen molar-refractivity contribution in [2.75, 3.05) is 6.54 Å². The van der Waals surface area contributed by atoms with Gasteiger partial charge >= 0.3 is 0 Å². The van der Waals surface area contributed by atoms with Gasteiger partial charge in [-0.3, -0.25) is 4.79 Å². The lowest BCUT2D eigenvalue weighted by molar-refractivity contribution is 0.109. The van der Waals surface area contributed by atoms with Crippen molar-refractivity contribution in [3.8, 4) is 0 Å². The van der Waals surface area contributed by atoms with Crippen LogP contribution in [0.5, 0.6) is 0 Å². The number of hydrogen-bond acceptors (Lipinski definition) is 4. The van der Waals surface area contributed by atoms with Crippen molar-refractivity contribution in [2.45, 2.75) is 18.6 Å². The third kappa shape index (κ3) is 2.97. The molecule has 20 heavy (non-hydrogen) atoms. The van der Waals surface area contributed by atoms with Crippen LogP contribution >= 0.6 is 0 Å². The number of benzene rings is 1. The molecule has 1 heterocycles. The Morgan fingerprint density at radius 1 is 1.15 bits per heavy atom. The van der Waals surface area contributed by atoms with Gasteiger partial charge in [0.05, 0.1) is 0 Å². The van der Waals surface area contributed by atoms with E-state index in [2.05, 4.69) is 0 Å². The predicted octanol–water partition coefficient (Wildman–Crippen LogP) is 2.30. The molecule has 1 aromatic carbocycles. The summed E-state index contributed by atoms with van der Waals surface area (Å²) in [6.45, 7) is 2.33. The summed E-state index contributed by atoms with van der Waals surface area (Å²) in [5, 5.41) is -0.211. The van der Waals surface area contributed by atoms with Crippen molar-refractivity contribution in [2.24, 2.45) is 0 Å². The first kappa shape index (κ1) is 14.5. The molecule has 0 unspecified atom stereocenters. The summed E-state index contributed by atoms with van der Waals surface area (Å²) in [7, 11) is -3.73. The van der Waals surface area contributed by atoms with Gasteiger partial charge in [-0.05, 0) is 17.7 Å². The molecule has 1 aromatic heterocycles. The molecule has 0 aliphatic rings. The van der Waals surface area contributed by atoms with Gasteiger partial charge in [0, 0.05) is 13.1 Å². The number of carbonyl (C=O) groups excluding carboxylic acids is 1. The Labute approximate surface area is 117 Å². The first-order valence-corrected chi connectivity index (χ1v) is 7.61. The summed E-state index contributed by atoms with van der Waals surface area (Å²) < 4.78 is 31.1. The van der Waals surface area contributed by atoms with E-state index in [0.29, 0.717) is 12.8 Å². The predicted molar refractivity (Wildman–Crippen MR) is 73.8 cm³/mol. The third-order valence-corrected chi connectivity index (χ3v) is 4.66. The number of hydrogen-bond donors (Lipinski definition) is 0. The molecular formula is C14H15NO4S. The molecule has 0 amide bonds. The summed E-state index contributed by atoms with van der Waals surface area (Å²) in [5.74, 6) is -0.000612. The number of aldehydes is 1. The van der Waals surface area contributed by atoms with Crippen LogP contribution in [0.3, 0.4) is 0 Å². The molecule has 0 aliphatic carbocycles. The summed E-state index contributed by atoms with van der Waals surface area (Å²) in [6.07, 6.45) is 0.479. The zero-order chi connectivity index (χ0) is 14.6. The highest BCUT2D eigenvalue weighted by atomic mass is 32.2. The van der Waals surface area contributed by atoms with Crippen LogP contribution in [0.15, 0.2) is 52.0 Å². The maximum absolute atomic E-state index is 12.4. The van der Waals surface area contributed by atoms with Crippen molar-refractivity contribution in [3.63, 3.8) is 0 Å². The van der Waals surface area contributed by atoms with E-state index in [9.17, 15) is 13.2 Å². The molecule has 0 atom stereocenters. The molecule has 0 saturated heterocycles. The van der Waals surface area contributed by atoms with Crippen molar-refractivity contribution in [1.29, 1.82) is 0 Å². The van der Waals surface area contributed by atoms with Crippen LogP contribution < -0.4 is 0 Å². The van der Waals surface area contributed by atoms with E-state index in [4.69, 9.17) is 4.42 Å². The minimum absolute atomic E-state index is 0.000612. The van der Waals surface area contributed by atoms with Crippen molar-refractivity contribution >= 4 is 16.3 Å². The van der Waals surface area contributed by atoms with E-state index in [0.717, 1.165) is 5.56 Å². The molecule has 0 aliphatic heterocycles. The highest BCUT2D eigenvalue weighted by Crippen LogP contribution is 2.20. The first-order valence-electron chi connectivity index (χ1n) is 6.17. The topological polar surface area (TPSA) is 67.6 Å². The summed E-state index contributed by atoms with van der Waals surface area (Å²) in [6, 6.07) is 11.9. The van der Waals surface area contributed by atoms with E-state index in [1.807, 2.05) is 30.3 Å². The van der Waals surface area contributed by atoms with Gasteiger partial charge in [-0.2, -0.15) is 4.31 Å². The van der Waals surface area contributed by atoms with Gasteiger partial charge in [-0.15, -0.1) is 0 Å². The molecule has 0 N–H and O–H groups in total. The minimum atomic E-state index is -3.73. The number of carbonyl (C=O) groups is 1. The number of nitrogens with zero attached hydrogens (tertiary/aromatic N) is 1. The zero-order valence-electron chi connectivity index (χ0n) is 11.0. The first-order chi connectivity index (χ1) is 9.57. The number of rotatable bonds is 6. The van der Waals surface area contributed by atoms with Crippen LogP contribution in [-0.4, -0.2) is 25.6 Å².